The number of benzene rings is 1. The second kappa shape index (κ2) is 7.84. The number of hydrogen-bond acceptors (Lipinski definition) is 6. The second-order valence-corrected chi connectivity index (χ2v) is 7.68. The summed E-state index contributed by atoms with van der Waals surface area (Å²) < 4.78 is 6.71. The van der Waals surface area contributed by atoms with Gasteiger partial charge in [-0.05, 0) is 24.8 Å². The van der Waals surface area contributed by atoms with E-state index in [1.54, 1.807) is 29.3 Å². The maximum absolute atomic E-state index is 11.6. The molecule has 0 atom stereocenters. The molecule has 0 unspecified atom stereocenters. The van der Waals surface area contributed by atoms with Gasteiger partial charge < -0.3 is 4.74 Å². The number of esters is 1. The van der Waals surface area contributed by atoms with E-state index in [0.717, 1.165) is 22.5 Å². The van der Waals surface area contributed by atoms with E-state index < -0.39 is 0 Å². The lowest BCUT2D eigenvalue weighted by Crippen LogP contribution is -2.06. The summed E-state index contributed by atoms with van der Waals surface area (Å²) in [5.41, 5.74) is 2.07. The highest BCUT2D eigenvalue weighted by Gasteiger charge is 2.17. The lowest BCUT2D eigenvalue weighted by atomic mass is 10.1. The summed E-state index contributed by atoms with van der Waals surface area (Å²) in [6.07, 6.45) is 2.79. The molecule has 0 amide bonds. The molecule has 0 N–H and O–H groups in total. The predicted molar refractivity (Wildman–Crippen MR) is 101 cm³/mol. The Morgan fingerprint density at radius 3 is 2.72 bits per heavy atom. The van der Waals surface area contributed by atoms with Crippen molar-refractivity contribution in [3.63, 3.8) is 0 Å². The van der Waals surface area contributed by atoms with Crippen molar-refractivity contribution < 1.29 is 14.3 Å². The lowest BCUT2D eigenvalue weighted by molar-refractivity contribution is -0.142. The van der Waals surface area contributed by atoms with Gasteiger partial charge in [0.25, 0.3) is 0 Å². The molecule has 2 aromatic heterocycles. The van der Waals surface area contributed by atoms with Gasteiger partial charge in [-0.25, -0.2) is 4.98 Å². The number of aldehydes is 1. The number of thiazole rings is 1. The summed E-state index contributed by atoms with van der Waals surface area (Å²) in [5.74, 6) is 0.742. The Labute approximate surface area is 154 Å². The number of imidazole rings is 1. The second-order valence-electron chi connectivity index (χ2n) is 5.25. The van der Waals surface area contributed by atoms with E-state index in [9.17, 15) is 9.59 Å². The Balaban J connectivity index is 1.93. The number of fused-ring (bicyclic) bond motifs is 1. The maximum Gasteiger partial charge on any atom is 0.311 e. The number of rotatable bonds is 7. The third kappa shape index (κ3) is 3.77. The summed E-state index contributed by atoms with van der Waals surface area (Å²) in [5, 5.41) is 0. The molecule has 1 aromatic carbocycles. The maximum atomic E-state index is 11.6. The number of nitrogens with zero attached hydrogens (tertiary/aromatic N) is 2. The van der Waals surface area contributed by atoms with E-state index in [2.05, 4.69) is 11.9 Å². The predicted octanol–water partition coefficient (Wildman–Crippen LogP) is 4.09. The minimum absolute atomic E-state index is 0.193. The number of carbonyl (C=O) groups is 2. The SMILES string of the molecule is CCOC(=O)Cc1cn2c(C=O)c(-c3ccc(SCC)cc3)nc2s1. The van der Waals surface area contributed by atoms with Crippen LogP contribution < -0.4 is 0 Å². The topological polar surface area (TPSA) is 60.7 Å². The Hall–Kier alpha value is -2.12. The molecule has 130 valence electrons. The van der Waals surface area contributed by atoms with Crippen LogP contribution in [0.15, 0.2) is 35.4 Å². The largest absolute Gasteiger partial charge is 0.466 e. The van der Waals surface area contributed by atoms with Crippen LogP contribution in [0.25, 0.3) is 16.2 Å². The minimum atomic E-state index is -0.274. The van der Waals surface area contributed by atoms with Crippen molar-refractivity contribution in [2.24, 2.45) is 0 Å². The molecule has 0 spiro atoms. The highest BCUT2D eigenvalue weighted by Crippen LogP contribution is 2.29. The highest BCUT2D eigenvalue weighted by molar-refractivity contribution is 7.99. The first kappa shape index (κ1) is 17.7. The fourth-order valence-corrected chi connectivity index (χ4v) is 4.18. The van der Waals surface area contributed by atoms with Crippen LogP contribution in [-0.2, 0) is 16.0 Å². The molecule has 7 heteroatoms. The fraction of sp³-hybridized carbons (Fsp3) is 0.278. The Kier molecular flexibility index (Phi) is 5.55. The number of aromatic nitrogens is 2. The zero-order valence-corrected chi connectivity index (χ0v) is 15.7. The standard InChI is InChI=1S/C18H18N2O3S2/c1-3-23-16(22)9-14-10-20-15(11-21)17(19-18(20)25-14)12-5-7-13(8-6-12)24-4-2/h5-8,10-11H,3-4,9H2,1-2H3. The van der Waals surface area contributed by atoms with Gasteiger partial charge in [0.1, 0.15) is 11.4 Å². The fourth-order valence-electron chi connectivity index (χ4n) is 2.55. The zero-order valence-electron chi connectivity index (χ0n) is 14.0. The van der Waals surface area contributed by atoms with Crippen molar-refractivity contribution in [2.75, 3.05) is 12.4 Å². The molecule has 0 fully saturated rings. The molecule has 5 nitrogen and oxygen atoms in total. The molecule has 0 saturated heterocycles. The van der Waals surface area contributed by atoms with E-state index in [-0.39, 0.29) is 12.4 Å². The number of ether oxygens (including phenoxy) is 1. The minimum Gasteiger partial charge on any atom is -0.466 e. The highest BCUT2D eigenvalue weighted by atomic mass is 32.2. The number of hydrogen-bond donors (Lipinski definition) is 0. The van der Waals surface area contributed by atoms with Gasteiger partial charge in [-0.2, -0.15) is 0 Å². The van der Waals surface area contributed by atoms with Crippen molar-refractivity contribution in [3.8, 4) is 11.3 Å². The van der Waals surface area contributed by atoms with Gasteiger partial charge in [0.05, 0.1) is 13.0 Å². The van der Waals surface area contributed by atoms with Gasteiger partial charge in [-0.3, -0.25) is 14.0 Å². The van der Waals surface area contributed by atoms with E-state index in [0.29, 0.717) is 23.0 Å². The summed E-state index contributed by atoms with van der Waals surface area (Å²) in [6.45, 7) is 4.25. The number of thioether (sulfide) groups is 1. The molecule has 0 radical (unpaired) electrons. The zero-order chi connectivity index (χ0) is 17.8. The van der Waals surface area contributed by atoms with Crippen LogP contribution in [0.1, 0.15) is 29.2 Å². The molecular formula is C18H18N2O3S2. The summed E-state index contributed by atoms with van der Waals surface area (Å²) >= 11 is 3.17. The monoisotopic (exact) mass is 374 g/mol. The van der Waals surface area contributed by atoms with Gasteiger partial charge in [0.2, 0.25) is 0 Å². The molecule has 0 saturated carbocycles. The van der Waals surface area contributed by atoms with Crippen LogP contribution in [0.5, 0.6) is 0 Å². The first-order valence-corrected chi connectivity index (χ1v) is 9.81. The van der Waals surface area contributed by atoms with Gasteiger partial charge in [-0.1, -0.05) is 19.1 Å². The van der Waals surface area contributed by atoms with Gasteiger partial charge in [0.15, 0.2) is 11.2 Å². The Bertz CT molecular complexity index is 897. The quantitative estimate of drug-likeness (QED) is 0.354. The van der Waals surface area contributed by atoms with E-state index in [1.165, 1.54) is 16.2 Å². The third-order valence-corrected chi connectivity index (χ3v) is 5.46. The van der Waals surface area contributed by atoms with Crippen LogP contribution in [0.2, 0.25) is 0 Å². The van der Waals surface area contributed by atoms with Crippen LogP contribution in [0, 0.1) is 0 Å². The molecule has 0 aliphatic heterocycles. The van der Waals surface area contributed by atoms with Crippen molar-refractivity contribution >= 4 is 40.3 Å². The van der Waals surface area contributed by atoms with E-state index in [4.69, 9.17) is 4.74 Å². The molecule has 3 aromatic rings. The third-order valence-electron chi connectivity index (χ3n) is 3.59. The molecule has 3 rings (SSSR count). The summed E-state index contributed by atoms with van der Waals surface area (Å²) in [7, 11) is 0. The van der Waals surface area contributed by atoms with Crippen molar-refractivity contribution in [3.05, 3.63) is 41.0 Å². The summed E-state index contributed by atoms with van der Waals surface area (Å²) in [6, 6.07) is 8.04. The number of carbonyl (C=O) groups excluding carboxylic acids is 2. The molecule has 2 heterocycles. The van der Waals surface area contributed by atoms with Crippen LogP contribution in [-0.4, -0.2) is 34.0 Å². The molecule has 25 heavy (non-hydrogen) atoms. The summed E-state index contributed by atoms with van der Waals surface area (Å²) in [4.78, 5) is 30.6. The normalized spacial score (nSPS) is 11.0. The van der Waals surface area contributed by atoms with Gasteiger partial charge in [0, 0.05) is 21.5 Å². The smallest absolute Gasteiger partial charge is 0.311 e. The van der Waals surface area contributed by atoms with Crippen LogP contribution >= 0.6 is 23.1 Å². The van der Waals surface area contributed by atoms with Crippen LogP contribution in [0.3, 0.4) is 0 Å². The first-order valence-electron chi connectivity index (χ1n) is 8.01. The van der Waals surface area contributed by atoms with Crippen LogP contribution in [0.4, 0.5) is 0 Å². The van der Waals surface area contributed by atoms with Gasteiger partial charge in [-0.15, -0.1) is 23.1 Å². The van der Waals surface area contributed by atoms with Gasteiger partial charge >= 0.3 is 5.97 Å². The lowest BCUT2D eigenvalue weighted by Gasteiger charge is -2.02. The molecule has 0 aliphatic rings. The molecule has 0 bridgehead atoms. The Morgan fingerprint density at radius 1 is 1.32 bits per heavy atom. The van der Waals surface area contributed by atoms with E-state index >= 15 is 0 Å². The molecule has 0 aliphatic carbocycles. The average Bonchev–Trinajstić information content (AvgIpc) is 3.12. The van der Waals surface area contributed by atoms with Crippen molar-refractivity contribution in [1.29, 1.82) is 0 Å². The Morgan fingerprint density at radius 2 is 2.08 bits per heavy atom. The van der Waals surface area contributed by atoms with E-state index in [1.807, 2.05) is 24.3 Å². The average molecular weight is 374 g/mol. The molecular weight excluding hydrogens is 356 g/mol. The van der Waals surface area contributed by atoms with Crippen molar-refractivity contribution in [1.82, 2.24) is 9.38 Å². The first-order chi connectivity index (χ1) is 12.2. The van der Waals surface area contributed by atoms with Crippen molar-refractivity contribution in [2.45, 2.75) is 25.2 Å².